The van der Waals surface area contributed by atoms with Crippen LogP contribution in [0.5, 0.6) is 0 Å². The zero-order valence-corrected chi connectivity index (χ0v) is 18.5. The van der Waals surface area contributed by atoms with E-state index in [1.807, 2.05) is 38.1 Å². The minimum Gasteiger partial charge on any atom is -0.326 e. The van der Waals surface area contributed by atoms with Crippen LogP contribution in [0.4, 0.5) is 11.4 Å². The number of likely N-dealkylation sites (tertiary alicyclic amines) is 1. The Hall–Kier alpha value is -2.66. The van der Waals surface area contributed by atoms with Crippen molar-refractivity contribution in [2.75, 3.05) is 30.3 Å². The number of nitrogens with zero attached hydrogens (tertiary/aromatic N) is 1. The van der Waals surface area contributed by atoms with Crippen LogP contribution in [0.3, 0.4) is 0 Å². The zero-order valence-electron chi connectivity index (χ0n) is 18.5. The predicted octanol–water partition coefficient (Wildman–Crippen LogP) is 4.72. The average molecular weight is 408 g/mol. The Kier molecular flexibility index (Phi) is 7.27. The molecule has 1 fully saturated rings. The van der Waals surface area contributed by atoms with E-state index in [0.717, 1.165) is 42.9 Å². The lowest BCUT2D eigenvalue weighted by atomic mass is 9.95. The van der Waals surface area contributed by atoms with E-state index in [4.69, 9.17) is 0 Å². The lowest BCUT2D eigenvalue weighted by Crippen LogP contribution is -2.41. The molecule has 2 N–H and O–H groups in total. The highest BCUT2D eigenvalue weighted by molar-refractivity contribution is 5.93. The van der Waals surface area contributed by atoms with Crippen LogP contribution >= 0.6 is 0 Å². The van der Waals surface area contributed by atoms with Crippen LogP contribution in [0.25, 0.3) is 0 Å². The second-order valence-corrected chi connectivity index (χ2v) is 8.68. The first-order valence-electron chi connectivity index (χ1n) is 10.8. The van der Waals surface area contributed by atoms with Gasteiger partial charge in [-0.2, -0.15) is 0 Å². The molecule has 0 bridgehead atoms. The molecule has 5 heteroatoms. The third kappa shape index (κ3) is 5.92. The Balaban J connectivity index is 1.44. The summed E-state index contributed by atoms with van der Waals surface area (Å²) in [4.78, 5) is 27.2. The van der Waals surface area contributed by atoms with Gasteiger partial charge < -0.3 is 10.6 Å². The van der Waals surface area contributed by atoms with Crippen molar-refractivity contribution in [3.63, 3.8) is 0 Å². The fourth-order valence-corrected chi connectivity index (χ4v) is 3.90. The van der Waals surface area contributed by atoms with Crippen LogP contribution in [-0.2, 0) is 9.59 Å². The number of carbonyl (C=O) groups is 2. The fourth-order valence-electron chi connectivity index (χ4n) is 3.90. The lowest BCUT2D eigenvalue weighted by Gasteiger charge is -2.30. The van der Waals surface area contributed by atoms with Gasteiger partial charge in [0.15, 0.2) is 0 Å². The third-order valence-electron chi connectivity index (χ3n) is 5.83. The Morgan fingerprint density at radius 1 is 1.00 bits per heavy atom. The molecule has 2 aromatic rings. The molecule has 160 valence electrons. The molecule has 3 rings (SSSR count). The maximum Gasteiger partial charge on any atom is 0.238 e. The summed E-state index contributed by atoms with van der Waals surface area (Å²) in [6.45, 7) is 10.2. The minimum atomic E-state index is -0.00608. The highest BCUT2D eigenvalue weighted by atomic mass is 16.2. The number of piperidine rings is 1. The van der Waals surface area contributed by atoms with E-state index >= 15 is 0 Å². The van der Waals surface area contributed by atoms with Crippen LogP contribution in [0.15, 0.2) is 42.5 Å². The molecule has 0 unspecified atom stereocenters. The topological polar surface area (TPSA) is 61.4 Å². The molecular formula is C25H33N3O2. The van der Waals surface area contributed by atoms with Crippen molar-refractivity contribution in [1.82, 2.24) is 4.90 Å². The van der Waals surface area contributed by atoms with Gasteiger partial charge in [0.1, 0.15) is 0 Å². The van der Waals surface area contributed by atoms with E-state index in [9.17, 15) is 9.59 Å². The quantitative estimate of drug-likeness (QED) is 0.729. The highest BCUT2D eigenvalue weighted by Gasteiger charge is 2.26. The average Bonchev–Trinajstić information content (AvgIpc) is 2.71. The molecule has 1 saturated heterocycles. The van der Waals surface area contributed by atoms with Crippen molar-refractivity contribution in [3.05, 3.63) is 59.2 Å². The number of anilines is 2. The zero-order chi connectivity index (χ0) is 21.7. The summed E-state index contributed by atoms with van der Waals surface area (Å²) in [6.07, 6.45) is 1.54. The molecule has 0 spiro atoms. The standard InChI is InChI=1S/C25H33N3O2/c1-17(2)20-6-8-22(9-7-20)26-25(30)21-11-13-28(14-12-21)16-24(29)27-23-10-5-18(3)15-19(23)4/h5-10,15,17,21H,11-14,16H2,1-4H3,(H,26,30)(H,27,29). The first-order valence-corrected chi connectivity index (χ1v) is 10.8. The Morgan fingerprint density at radius 3 is 2.27 bits per heavy atom. The van der Waals surface area contributed by atoms with Crippen molar-refractivity contribution in [2.24, 2.45) is 5.92 Å². The SMILES string of the molecule is Cc1ccc(NC(=O)CN2CCC(C(=O)Nc3ccc(C(C)C)cc3)CC2)c(C)c1. The Bertz CT molecular complexity index is 882. The monoisotopic (exact) mass is 407 g/mol. The normalized spacial score (nSPS) is 15.2. The number of nitrogens with one attached hydrogen (secondary N) is 2. The molecule has 5 nitrogen and oxygen atoms in total. The van der Waals surface area contributed by atoms with Gasteiger partial charge in [-0.25, -0.2) is 0 Å². The molecule has 0 saturated carbocycles. The van der Waals surface area contributed by atoms with E-state index < -0.39 is 0 Å². The molecule has 0 radical (unpaired) electrons. The van der Waals surface area contributed by atoms with Crippen molar-refractivity contribution in [3.8, 4) is 0 Å². The summed E-state index contributed by atoms with van der Waals surface area (Å²) in [5.41, 5.74) is 5.23. The summed E-state index contributed by atoms with van der Waals surface area (Å²) < 4.78 is 0. The number of benzene rings is 2. The summed E-state index contributed by atoms with van der Waals surface area (Å²) in [5, 5.41) is 6.04. The first kappa shape index (κ1) is 22.0. The van der Waals surface area contributed by atoms with Crippen molar-refractivity contribution in [2.45, 2.75) is 46.5 Å². The molecule has 1 heterocycles. The van der Waals surface area contributed by atoms with Gasteiger partial charge in [0.25, 0.3) is 0 Å². The molecule has 2 aromatic carbocycles. The van der Waals surface area contributed by atoms with E-state index in [-0.39, 0.29) is 17.7 Å². The summed E-state index contributed by atoms with van der Waals surface area (Å²) in [6, 6.07) is 14.1. The Labute approximate surface area is 179 Å². The first-order chi connectivity index (χ1) is 14.3. The number of aryl methyl sites for hydroxylation is 2. The molecule has 1 aliphatic heterocycles. The second kappa shape index (κ2) is 9.90. The second-order valence-electron chi connectivity index (χ2n) is 8.68. The molecule has 0 aromatic heterocycles. The molecular weight excluding hydrogens is 374 g/mol. The van der Waals surface area contributed by atoms with Crippen molar-refractivity contribution >= 4 is 23.2 Å². The van der Waals surface area contributed by atoms with Crippen LogP contribution in [0.2, 0.25) is 0 Å². The van der Waals surface area contributed by atoms with Crippen LogP contribution < -0.4 is 10.6 Å². The summed E-state index contributed by atoms with van der Waals surface area (Å²) >= 11 is 0. The molecule has 0 aliphatic carbocycles. The van der Waals surface area contributed by atoms with Gasteiger partial charge in [-0.1, -0.05) is 43.7 Å². The van der Waals surface area contributed by atoms with Gasteiger partial charge in [-0.05, 0) is 75.0 Å². The van der Waals surface area contributed by atoms with Gasteiger partial charge in [0.05, 0.1) is 6.54 Å². The maximum atomic E-state index is 12.6. The van der Waals surface area contributed by atoms with Crippen LogP contribution in [0.1, 0.15) is 49.3 Å². The largest absolute Gasteiger partial charge is 0.326 e. The minimum absolute atomic E-state index is 0.00454. The number of amides is 2. The van der Waals surface area contributed by atoms with Gasteiger partial charge in [-0.3, -0.25) is 14.5 Å². The maximum absolute atomic E-state index is 12.6. The van der Waals surface area contributed by atoms with Gasteiger partial charge in [0.2, 0.25) is 11.8 Å². The summed E-state index contributed by atoms with van der Waals surface area (Å²) in [7, 11) is 0. The van der Waals surface area contributed by atoms with Gasteiger partial charge in [0, 0.05) is 17.3 Å². The van der Waals surface area contributed by atoms with Crippen molar-refractivity contribution < 1.29 is 9.59 Å². The number of hydrogen-bond donors (Lipinski definition) is 2. The smallest absolute Gasteiger partial charge is 0.238 e. The predicted molar refractivity (Wildman–Crippen MR) is 123 cm³/mol. The molecule has 0 atom stereocenters. The number of hydrogen-bond acceptors (Lipinski definition) is 3. The highest BCUT2D eigenvalue weighted by Crippen LogP contribution is 2.22. The van der Waals surface area contributed by atoms with Crippen LogP contribution in [-0.4, -0.2) is 36.3 Å². The van der Waals surface area contributed by atoms with E-state index in [1.165, 1.54) is 11.1 Å². The van der Waals surface area contributed by atoms with Crippen molar-refractivity contribution in [1.29, 1.82) is 0 Å². The Morgan fingerprint density at radius 2 is 1.67 bits per heavy atom. The molecule has 30 heavy (non-hydrogen) atoms. The van der Waals surface area contributed by atoms with E-state index in [0.29, 0.717) is 12.5 Å². The lowest BCUT2D eigenvalue weighted by molar-refractivity contribution is -0.121. The van der Waals surface area contributed by atoms with Crippen LogP contribution in [0, 0.1) is 19.8 Å². The van der Waals surface area contributed by atoms with E-state index in [2.05, 4.69) is 47.6 Å². The molecule has 1 aliphatic rings. The third-order valence-corrected chi connectivity index (χ3v) is 5.83. The number of carbonyl (C=O) groups excluding carboxylic acids is 2. The van der Waals surface area contributed by atoms with Gasteiger partial charge >= 0.3 is 0 Å². The molecule has 2 amide bonds. The fraction of sp³-hybridized carbons (Fsp3) is 0.440. The summed E-state index contributed by atoms with van der Waals surface area (Å²) in [5.74, 6) is 0.543. The van der Waals surface area contributed by atoms with E-state index in [1.54, 1.807) is 0 Å². The number of rotatable bonds is 6. The van der Waals surface area contributed by atoms with Gasteiger partial charge in [-0.15, -0.1) is 0 Å².